The minimum Gasteiger partial charge on any atom is -0.497 e. The summed E-state index contributed by atoms with van der Waals surface area (Å²) in [5.74, 6) is 2.07. The number of hydrogen-bond acceptors (Lipinski definition) is 5. The van der Waals surface area contributed by atoms with E-state index in [1.54, 1.807) is 26.0 Å². The summed E-state index contributed by atoms with van der Waals surface area (Å²) in [5.41, 5.74) is 2.12. The highest BCUT2D eigenvalue weighted by Gasteiger charge is 2.38. The van der Waals surface area contributed by atoms with Gasteiger partial charge in [0.2, 0.25) is 11.9 Å². The Morgan fingerprint density at radius 1 is 0.929 bits per heavy atom. The number of methoxy groups -OCH3 is 2. The number of hydrogen-bond donors (Lipinski definition) is 0. The fourth-order valence-corrected chi connectivity index (χ4v) is 3.77. The Labute approximate surface area is 163 Å². The minimum atomic E-state index is -0.146. The van der Waals surface area contributed by atoms with Crippen molar-refractivity contribution in [2.24, 2.45) is 0 Å². The normalized spacial score (nSPS) is 18.5. The van der Waals surface area contributed by atoms with Gasteiger partial charge in [0, 0.05) is 6.92 Å². The first-order valence-corrected chi connectivity index (χ1v) is 9.09. The molecule has 2 unspecified atom stereocenters. The van der Waals surface area contributed by atoms with Gasteiger partial charge >= 0.3 is 0 Å². The summed E-state index contributed by atoms with van der Waals surface area (Å²) < 4.78 is 12.4. The Kier molecular flexibility index (Phi) is 4.73. The molecule has 1 aliphatic heterocycles. The van der Waals surface area contributed by atoms with Gasteiger partial charge in [0.25, 0.3) is 0 Å². The van der Waals surface area contributed by atoms with Crippen molar-refractivity contribution in [3.8, 4) is 11.5 Å². The number of ether oxygens (including phenoxy) is 2. The first-order chi connectivity index (χ1) is 13.6. The molecule has 1 aliphatic rings. The molecule has 7 heteroatoms. The third-order valence-electron chi connectivity index (χ3n) is 5.16. The lowest BCUT2D eigenvalue weighted by Crippen LogP contribution is -2.41. The molecule has 0 spiro atoms. The van der Waals surface area contributed by atoms with Crippen LogP contribution in [0.1, 0.15) is 36.6 Å². The van der Waals surface area contributed by atoms with Gasteiger partial charge in [-0.3, -0.25) is 9.69 Å². The van der Waals surface area contributed by atoms with E-state index in [0.717, 1.165) is 22.6 Å². The van der Waals surface area contributed by atoms with E-state index in [2.05, 4.69) is 10.1 Å². The summed E-state index contributed by atoms with van der Waals surface area (Å²) in [6.07, 6.45) is 2.19. The highest BCUT2D eigenvalue weighted by molar-refractivity contribution is 5.90. The Morgan fingerprint density at radius 3 is 1.96 bits per heavy atom. The van der Waals surface area contributed by atoms with Crippen LogP contribution in [0, 0.1) is 0 Å². The number of rotatable bonds is 4. The minimum absolute atomic E-state index is 0.0360. The van der Waals surface area contributed by atoms with E-state index < -0.39 is 0 Å². The van der Waals surface area contributed by atoms with Crippen molar-refractivity contribution < 1.29 is 14.3 Å². The molecule has 1 aromatic heterocycles. The molecule has 0 N–H and O–H groups in total. The van der Waals surface area contributed by atoms with Crippen LogP contribution in [0.15, 0.2) is 54.9 Å². The van der Waals surface area contributed by atoms with E-state index >= 15 is 0 Å². The zero-order chi connectivity index (χ0) is 19.7. The van der Waals surface area contributed by atoms with Crippen molar-refractivity contribution in [3.05, 3.63) is 66.0 Å². The molecule has 7 nitrogen and oxygen atoms in total. The highest BCUT2D eigenvalue weighted by atomic mass is 16.5. The van der Waals surface area contributed by atoms with Crippen molar-refractivity contribution in [2.75, 3.05) is 19.1 Å². The van der Waals surface area contributed by atoms with E-state index in [1.807, 2.05) is 53.2 Å². The average Bonchev–Trinajstić information content (AvgIpc) is 3.22. The summed E-state index contributed by atoms with van der Waals surface area (Å²) in [5, 5.41) is 4.41. The molecule has 4 rings (SSSR count). The Hall–Kier alpha value is -3.35. The van der Waals surface area contributed by atoms with Crippen LogP contribution in [0.25, 0.3) is 0 Å². The van der Waals surface area contributed by atoms with E-state index in [4.69, 9.17) is 9.47 Å². The monoisotopic (exact) mass is 378 g/mol. The molecular formula is C21H22N4O3. The quantitative estimate of drug-likeness (QED) is 0.696. The maximum absolute atomic E-state index is 12.5. The van der Waals surface area contributed by atoms with Gasteiger partial charge in [-0.2, -0.15) is 10.1 Å². The molecule has 3 aromatic rings. The molecule has 0 saturated heterocycles. The summed E-state index contributed by atoms with van der Waals surface area (Å²) in [7, 11) is 3.29. The van der Waals surface area contributed by atoms with E-state index in [-0.39, 0.29) is 18.0 Å². The van der Waals surface area contributed by atoms with Crippen molar-refractivity contribution in [2.45, 2.75) is 25.4 Å². The van der Waals surface area contributed by atoms with Gasteiger partial charge in [0.15, 0.2) is 0 Å². The van der Waals surface area contributed by atoms with Gasteiger partial charge in [0.1, 0.15) is 17.8 Å². The zero-order valence-electron chi connectivity index (χ0n) is 16.1. The van der Waals surface area contributed by atoms with Crippen LogP contribution in [-0.2, 0) is 4.79 Å². The molecule has 1 amide bonds. The van der Waals surface area contributed by atoms with E-state index in [9.17, 15) is 4.79 Å². The predicted molar refractivity (Wildman–Crippen MR) is 105 cm³/mol. The lowest BCUT2D eigenvalue weighted by atomic mass is 9.92. The lowest BCUT2D eigenvalue weighted by molar-refractivity contribution is -0.117. The molecule has 2 atom stereocenters. The van der Waals surface area contributed by atoms with Crippen LogP contribution in [0.2, 0.25) is 0 Å². The number of nitrogens with zero attached hydrogens (tertiary/aromatic N) is 4. The molecule has 0 saturated carbocycles. The third-order valence-corrected chi connectivity index (χ3v) is 5.16. The van der Waals surface area contributed by atoms with Crippen LogP contribution in [0.3, 0.4) is 0 Å². The number of carbonyl (C=O) groups is 1. The van der Waals surface area contributed by atoms with Crippen molar-refractivity contribution in [3.63, 3.8) is 0 Å². The van der Waals surface area contributed by atoms with Crippen molar-refractivity contribution >= 4 is 11.9 Å². The smallest absolute Gasteiger partial charge is 0.231 e. The number of aromatic nitrogens is 3. The molecule has 144 valence electrons. The molecular weight excluding hydrogens is 356 g/mol. The van der Waals surface area contributed by atoms with Crippen LogP contribution in [0.4, 0.5) is 5.95 Å². The van der Waals surface area contributed by atoms with Crippen LogP contribution in [-0.4, -0.2) is 34.9 Å². The van der Waals surface area contributed by atoms with E-state index in [0.29, 0.717) is 12.4 Å². The molecule has 0 aliphatic carbocycles. The topological polar surface area (TPSA) is 69.5 Å². The summed E-state index contributed by atoms with van der Waals surface area (Å²) in [6, 6.07) is 15.6. The maximum atomic E-state index is 12.5. The fourth-order valence-electron chi connectivity index (χ4n) is 3.77. The van der Waals surface area contributed by atoms with Crippen LogP contribution in [0.5, 0.6) is 11.5 Å². The Bertz CT molecular complexity index is 966. The van der Waals surface area contributed by atoms with E-state index in [1.165, 1.54) is 6.33 Å². The SMILES string of the molecule is COc1ccc(C2CC(c3ccc(OC)cc3)n3ncnc3N2C(C)=O)cc1. The molecule has 0 bridgehead atoms. The lowest BCUT2D eigenvalue weighted by Gasteiger charge is -2.38. The third kappa shape index (κ3) is 3.09. The van der Waals surface area contributed by atoms with Gasteiger partial charge in [-0.15, -0.1) is 0 Å². The summed E-state index contributed by atoms with van der Waals surface area (Å²) >= 11 is 0. The summed E-state index contributed by atoms with van der Waals surface area (Å²) in [6.45, 7) is 1.56. The van der Waals surface area contributed by atoms with Gasteiger partial charge < -0.3 is 9.47 Å². The van der Waals surface area contributed by atoms with Crippen molar-refractivity contribution in [1.82, 2.24) is 14.8 Å². The van der Waals surface area contributed by atoms with Gasteiger partial charge in [-0.25, -0.2) is 4.68 Å². The number of fused-ring (bicyclic) bond motifs is 1. The van der Waals surface area contributed by atoms with Crippen molar-refractivity contribution in [1.29, 1.82) is 0 Å². The molecule has 2 heterocycles. The molecule has 0 fully saturated rings. The number of carbonyl (C=O) groups excluding carboxylic acids is 1. The summed E-state index contributed by atoms with van der Waals surface area (Å²) in [4.78, 5) is 18.6. The number of benzene rings is 2. The second kappa shape index (κ2) is 7.34. The van der Waals surface area contributed by atoms with Gasteiger partial charge in [-0.1, -0.05) is 24.3 Å². The van der Waals surface area contributed by atoms with Gasteiger partial charge in [0.05, 0.1) is 26.3 Å². The number of anilines is 1. The molecule has 0 radical (unpaired) electrons. The standard InChI is InChI=1S/C21H22N4O3/c1-14(26)24-19(15-4-8-17(27-2)9-5-15)12-20(25-21(24)22-13-23-25)16-6-10-18(28-3)11-7-16/h4-11,13,19-20H,12H2,1-3H3. The second-order valence-corrected chi connectivity index (χ2v) is 6.71. The highest BCUT2D eigenvalue weighted by Crippen LogP contribution is 2.42. The zero-order valence-corrected chi connectivity index (χ0v) is 16.1. The van der Waals surface area contributed by atoms with Crippen LogP contribution >= 0.6 is 0 Å². The fraction of sp³-hybridized carbons (Fsp3) is 0.286. The Balaban J connectivity index is 1.78. The van der Waals surface area contributed by atoms with Gasteiger partial charge in [-0.05, 0) is 41.8 Å². The molecule has 28 heavy (non-hydrogen) atoms. The predicted octanol–water partition coefficient (Wildman–Crippen LogP) is 3.38. The first-order valence-electron chi connectivity index (χ1n) is 9.09. The largest absolute Gasteiger partial charge is 0.497 e. The maximum Gasteiger partial charge on any atom is 0.231 e. The number of amides is 1. The average molecular weight is 378 g/mol. The molecule has 2 aromatic carbocycles. The second-order valence-electron chi connectivity index (χ2n) is 6.71. The Morgan fingerprint density at radius 2 is 1.46 bits per heavy atom. The van der Waals surface area contributed by atoms with Crippen LogP contribution < -0.4 is 14.4 Å². The first kappa shape index (κ1) is 18.0.